The highest BCUT2D eigenvalue weighted by Crippen LogP contribution is 2.37. The lowest BCUT2D eigenvalue weighted by Crippen LogP contribution is -2.32. The summed E-state index contributed by atoms with van der Waals surface area (Å²) in [4.78, 5) is 27.1. The van der Waals surface area contributed by atoms with Gasteiger partial charge in [-0.25, -0.2) is 0 Å². The molecule has 1 N–H and O–H groups in total. The van der Waals surface area contributed by atoms with Crippen LogP contribution in [0.25, 0.3) is 0 Å². The molecule has 0 unspecified atom stereocenters. The molecule has 0 aromatic heterocycles. The number of benzene rings is 3. The van der Waals surface area contributed by atoms with Crippen LogP contribution in [0.1, 0.15) is 28.4 Å². The summed E-state index contributed by atoms with van der Waals surface area (Å²) in [6.45, 7) is 3.00. The van der Waals surface area contributed by atoms with E-state index in [1.54, 1.807) is 12.1 Å². The summed E-state index contributed by atoms with van der Waals surface area (Å²) in [5.74, 6) is 0.677. The maximum atomic E-state index is 12.9. The van der Waals surface area contributed by atoms with Gasteiger partial charge < -0.3 is 14.8 Å². The van der Waals surface area contributed by atoms with Gasteiger partial charge in [-0.05, 0) is 24.1 Å². The first-order valence-electron chi connectivity index (χ1n) is 10.1. The number of anilines is 1. The van der Waals surface area contributed by atoms with Gasteiger partial charge in [0.1, 0.15) is 0 Å². The highest BCUT2D eigenvalue weighted by Gasteiger charge is 2.21. The number of carbonyl (C=O) groups excluding carboxylic acids is 2. The van der Waals surface area contributed by atoms with Crippen LogP contribution in [0, 0.1) is 0 Å². The van der Waals surface area contributed by atoms with Gasteiger partial charge in [0.2, 0.25) is 12.7 Å². The molecule has 0 saturated carbocycles. The van der Waals surface area contributed by atoms with Crippen LogP contribution in [0.3, 0.4) is 0 Å². The number of hydrogen-bond acceptors (Lipinski definition) is 5. The Bertz CT molecular complexity index is 1030. The van der Waals surface area contributed by atoms with E-state index in [0.717, 1.165) is 11.1 Å². The van der Waals surface area contributed by atoms with Gasteiger partial charge in [0.25, 0.3) is 0 Å². The number of nitrogens with zero attached hydrogens (tertiary/aromatic N) is 1. The van der Waals surface area contributed by atoms with E-state index in [-0.39, 0.29) is 25.0 Å². The zero-order chi connectivity index (χ0) is 21.6. The van der Waals surface area contributed by atoms with E-state index in [1.165, 1.54) is 6.92 Å². The molecule has 1 heterocycles. The van der Waals surface area contributed by atoms with Crippen molar-refractivity contribution in [3.05, 3.63) is 89.5 Å². The number of rotatable bonds is 8. The van der Waals surface area contributed by atoms with Crippen LogP contribution in [-0.4, -0.2) is 29.9 Å². The average Bonchev–Trinajstić information content (AvgIpc) is 3.22. The first-order chi connectivity index (χ1) is 15.1. The van der Waals surface area contributed by atoms with Crippen molar-refractivity contribution < 1.29 is 19.1 Å². The lowest BCUT2D eigenvalue weighted by Gasteiger charge is -2.22. The number of ketones is 1. The Labute approximate surface area is 181 Å². The number of carbonyl (C=O) groups is 2. The summed E-state index contributed by atoms with van der Waals surface area (Å²) in [5.41, 5.74) is 3.08. The third kappa shape index (κ3) is 5.29. The second kappa shape index (κ2) is 9.45. The predicted octanol–water partition coefficient (Wildman–Crippen LogP) is 4.26. The van der Waals surface area contributed by atoms with Crippen molar-refractivity contribution in [2.75, 3.05) is 18.7 Å². The minimum Gasteiger partial charge on any atom is -0.454 e. The standard InChI is InChI=1S/C25H24N2O4/c1-18(28)21-12-23-24(31-17-30-23)13-22(21)26-25(29)16-27(14-19-8-4-2-5-9-19)15-20-10-6-3-7-11-20/h2-13H,14-17H2,1H3,(H,26,29). The third-order valence-electron chi connectivity index (χ3n) is 5.03. The molecular formula is C25H24N2O4. The number of nitrogens with one attached hydrogen (secondary N) is 1. The number of amides is 1. The van der Waals surface area contributed by atoms with Gasteiger partial charge in [0.15, 0.2) is 17.3 Å². The molecule has 0 aliphatic carbocycles. The van der Waals surface area contributed by atoms with E-state index in [9.17, 15) is 9.59 Å². The zero-order valence-electron chi connectivity index (χ0n) is 17.3. The Balaban J connectivity index is 1.51. The summed E-state index contributed by atoms with van der Waals surface area (Å²) in [6.07, 6.45) is 0. The van der Waals surface area contributed by atoms with Crippen molar-refractivity contribution in [2.24, 2.45) is 0 Å². The molecule has 6 heteroatoms. The molecular weight excluding hydrogens is 392 g/mol. The molecule has 3 aromatic rings. The summed E-state index contributed by atoms with van der Waals surface area (Å²) >= 11 is 0. The van der Waals surface area contributed by atoms with Crippen molar-refractivity contribution in [3.8, 4) is 11.5 Å². The SMILES string of the molecule is CC(=O)c1cc2c(cc1NC(=O)CN(Cc1ccccc1)Cc1ccccc1)OCO2. The number of Topliss-reactive ketones (excluding diaryl/α,β-unsaturated/α-hetero) is 1. The Morgan fingerprint density at radius 2 is 1.42 bits per heavy atom. The largest absolute Gasteiger partial charge is 0.454 e. The number of fused-ring (bicyclic) bond motifs is 1. The summed E-state index contributed by atoms with van der Waals surface area (Å²) in [7, 11) is 0. The zero-order valence-corrected chi connectivity index (χ0v) is 17.3. The van der Waals surface area contributed by atoms with E-state index in [4.69, 9.17) is 9.47 Å². The normalized spacial score (nSPS) is 12.1. The number of ether oxygens (including phenoxy) is 2. The first-order valence-corrected chi connectivity index (χ1v) is 10.1. The van der Waals surface area contributed by atoms with Crippen LogP contribution in [-0.2, 0) is 17.9 Å². The Morgan fingerprint density at radius 3 is 1.97 bits per heavy atom. The van der Waals surface area contributed by atoms with Crippen LogP contribution in [0.4, 0.5) is 5.69 Å². The summed E-state index contributed by atoms with van der Waals surface area (Å²) < 4.78 is 10.8. The predicted molar refractivity (Wildman–Crippen MR) is 118 cm³/mol. The van der Waals surface area contributed by atoms with Crippen LogP contribution in [0.5, 0.6) is 11.5 Å². The van der Waals surface area contributed by atoms with Gasteiger partial charge in [-0.15, -0.1) is 0 Å². The van der Waals surface area contributed by atoms with Gasteiger partial charge in [-0.3, -0.25) is 14.5 Å². The fraction of sp³-hybridized carbons (Fsp3) is 0.200. The monoisotopic (exact) mass is 416 g/mol. The second-order valence-electron chi connectivity index (χ2n) is 7.47. The lowest BCUT2D eigenvalue weighted by molar-refractivity contribution is -0.117. The Morgan fingerprint density at radius 1 is 0.871 bits per heavy atom. The molecule has 3 aromatic carbocycles. The average molecular weight is 416 g/mol. The molecule has 6 nitrogen and oxygen atoms in total. The molecule has 1 amide bonds. The molecule has 1 aliphatic heterocycles. The minimum absolute atomic E-state index is 0.103. The van der Waals surface area contributed by atoms with E-state index in [2.05, 4.69) is 10.2 Å². The Kier molecular flexibility index (Phi) is 6.29. The van der Waals surface area contributed by atoms with E-state index in [1.807, 2.05) is 60.7 Å². The van der Waals surface area contributed by atoms with Crippen molar-refractivity contribution in [3.63, 3.8) is 0 Å². The van der Waals surface area contributed by atoms with Crippen molar-refractivity contribution in [1.82, 2.24) is 4.90 Å². The smallest absolute Gasteiger partial charge is 0.238 e. The van der Waals surface area contributed by atoms with Gasteiger partial charge >= 0.3 is 0 Å². The van der Waals surface area contributed by atoms with E-state index < -0.39 is 0 Å². The van der Waals surface area contributed by atoms with Gasteiger partial charge in [-0.1, -0.05) is 60.7 Å². The minimum atomic E-state index is -0.201. The summed E-state index contributed by atoms with van der Waals surface area (Å²) in [5, 5.41) is 2.89. The first kappa shape index (κ1) is 20.6. The van der Waals surface area contributed by atoms with Gasteiger partial charge in [0, 0.05) is 24.7 Å². The molecule has 0 bridgehead atoms. The van der Waals surface area contributed by atoms with Crippen LogP contribution >= 0.6 is 0 Å². The fourth-order valence-corrected chi connectivity index (χ4v) is 3.58. The topological polar surface area (TPSA) is 67.9 Å². The molecule has 0 fully saturated rings. The molecule has 158 valence electrons. The molecule has 4 rings (SSSR count). The van der Waals surface area contributed by atoms with Crippen LogP contribution in [0.15, 0.2) is 72.8 Å². The van der Waals surface area contributed by atoms with Gasteiger partial charge in [0.05, 0.1) is 12.2 Å². The molecule has 0 spiro atoms. The lowest BCUT2D eigenvalue weighted by atomic mass is 10.1. The van der Waals surface area contributed by atoms with Crippen molar-refractivity contribution in [1.29, 1.82) is 0 Å². The molecule has 1 aliphatic rings. The molecule has 0 atom stereocenters. The fourth-order valence-electron chi connectivity index (χ4n) is 3.58. The second-order valence-corrected chi connectivity index (χ2v) is 7.47. The van der Waals surface area contributed by atoms with E-state index >= 15 is 0 Å². The summed E-state index contributed by atoms with van der Waals surface area (Å²) in [6, 6.07) is 23.3. The number of hydrogen-bond donors (Lipinski definition) is 1. The molecule has 0 saturated heterocycles. The molecule has 31 heavy (non-hydrogen) atoms. The Hall–Kier alpha value is -3.64. The highest BCUT2D eigenvalue weighted by molar-refractivity contribution is 6.05. The van der Waals surface area contributed by atoms with Crippen molar-refractivity contribution >= 4 is 17.4 Å². The quantitative estimate of drug-likeness (QED) is 0.556. The maximum Gasteiger partial charge on any atom is 0.238 e. The van der Waals surface area contributed by atoms with Crippen LogP contribution < -0.4 is 14.8 Å². The van der Waals surface area contributed by atoms with E-state index in [0.29, 0.717) is 35.8 Å². The van der Waals surface area contributed by atoms with Gasteiger partial charge in [-0.2, -0.15) is 0 Å². The maximum absolute atomic E-state index is 12.9. The third-order valence-corrected chi connectivity index (χ3v) is 5.03. The van der Waals surface area contributed by atoms with Crippen LogP contribution in [0.2, 0.25) is 0 Å². The highest BCUT2D eigenvalue weighted by atomic mass is 16.7. The van der Waals surface area contributed by atoms with Crippen molar-refractivity contribution in [2.45, 2.75) is 20.0 Å². The molecule has 0 radical (unpaired) electrons.